The summed E-state index contributed by atoms with van der Waals surface area (Å²) >= 11 is 0. The average Bonchev–Trinajstić information content (AvgIpc) is 2.96. The number of hydrogen-bond donors (Lipinski definition) is 0. The Balaban J connectivity index is 1.58. The summed E-state index contributed by atoms with van der Waals surface area (Å²) < 4.78 is 66.6. The largest absolute Gasteiger partial charge is 0.534 e. The molecule has 0 N–H and O–H groups in total. The van der Waals surface area contributed by atoms with Crippen molar-refractivity contribution >= 4 is 10.1 Å². The molecule has 0 heterocycles. The molecule has 0 bridgehead atoms. The zero-order valence-corrected chi connectivity index (χ0v) is 18.9. The Morgan fingerprint density at radius 1 is 1.03 bits per heavy atom. The number of halogens is 3. The predicted molar refractivity (Wildman–Crippen MR) is 109 cm³/mol. The Labute approximate surface area is 177 Å². The molecule has 0 radical (unpaired) electrons. The summed E-state index contributed by atoms with van der Waals surface area (Å²) in [6.07, 6.45) is 10.4. The minimum absolute atomic E-state index is 0.000444. The van der Waals surface area contributed by atoms with E-state index < -0.39 is 21.0 Å². The standard InChI is InChI=1S/C22H32F3NO3S/c1-20-11-9-15(26(3)4)13-14(20)5-6-16-17-7-8-19(21(17,2)12-10-18(16)20)29-30(27,28)22(23,24)25/h5,8,15-18H,6-7,9-13H2,1-4H3/t15-,16-,17-,18-,20-,21-/m0/s1. The zero-order valence-electron chi connectivity index (χ0n) is 18.1. The van der Waals surface area contributed by atoms with Gasteiger partial charge in [0.1, 0.15) is 5.76 Å². The van der Waals surface area contributed by atoms with Gasteiger partial charge in [-0.1, -0.05) is 25.5 Å². The molecule has 4 nitrogen and oxygen atoms in total. The van der Waals surface area contributed by atoms with Crippen LogP contribution in [0.4, 0.5) is 13.2 Å². The van der Waals surface area contributed by atoms with Crippen molar-refractivity contribution in [2.24, 2.45) is 28.6 Å². The maximum atomic E-state index is 12.9. The molecule has 0 aromatic carbocycles. The lowest BCUT2D eigenvalue weighted by Crippen LogP contribution is -2.51. The van der Waals surface area contributed by atoms with Gasteiger partial charge in [0.2, 0.25) is 0 Å². The fourth-order valence-electron chi connectivity index (χ4n) is 6.91. The smallest absolute Gasteiger partial charge is 0.380 e. The highest BCUT2D eigenvalue weighted by Crippen LogP contribution is 2.65. The van der Waals surface area contributed by atoms with Crippen LogP contribution in [0, 0.1) is 28.6 Å². The van der Waals surface area contributed by atoms with Crippen molar-refractivity contribution in [2.75, 3.05) is 14.1 Å². The average molecular weight is 448 g/mol. The molecular formula is C22H32F3NO3S. The molecule has 0 amide bonds. The zero-order chi connectivity index (χ0) is 22.1. The van der Waals surface area contributed by atoms with E-state index in [4.69, 9.17) is 0 Å². The number of alkyl halides is 3. The molecular weight excluding hydrogens is 415 g/mol. The van der Waals surface area contributed by atoms with E-state index in [-0.39, 0.29) is 17.1 Å². The number of nitrogens with zero attached hydrogens (tertiary/aromatic N) is 1. The van der Waals surface area contributed by atoms with E-state index in [9.17, 15) is 21.6 Å². The second-order valence-electron chi connectivity index (χ2n) is 10.4. The molecule has 6 atom stereocenters. The first-order chi connectivity index (χ1) is 13.8. The maximum absolute atomic E-state index is 12.9. The molecule has 30 heavy (non-hydrogen) atoms. The van der Waals surface area contributed by atoms with E-state index >= 15 is 0 Å². The third-order valence-corrected chi connectivity index (χ3v) is 9.77. The van der Waals surface area contributed by atoms with Gasteiger partial charge in [0, 0.05) is 11.5 Å². The minimum Gasteiger partial charge on any atom is -0.380 e. The first kappa shape index (κ1) is 22.2. The molecule has 0 unspecified atom stereocenters. The number of allylic oxidation sites excluding steroid dienone is 3. The van der Waals surface area contributed by atoms with Gasteiger partial charge in [-0.3, -0.25) is 0 Å². The molecule has 4 aliphatic rings. The Morgan fingerprint density at radius 2 is 1.70 bits per heavy atom. The number of fused-ring (bicyclic) bond motifs is 5. The van der Waals surface area contributed by atoms with Gasteiger partial charge in [-0.05, 0) is 88.3 Å². The summed E-state index contributed by atoms with van der Waals surface area (Å²) in [7, 11) is -1.37. The van der Waals surface area contributed by atoms with Crippen molar-refractivity contribution in [1.29, 1.82) is 0 Å². The van der Waals surface area contributed by atoms with Crippen LogP contribution in [-0.4, -0.2) is 39.0 Å². The minimum atomic E-state index is -5.63. The fraction of sp³-hybridized carbons (Fsp3) is 0.818. The molecule has 0 spiro atoms. The number of hydrogen-bond acceptors (Lipinski definition) is 4. The van der Waals surface area contributed by atoms with Crippen LogP contribution in [0.1, 0.15) is 58.8 Å². The van der Waals surface area contributed by atoms with Gasteiger partial charge in [0.05, 0.1) is 0 Å². The molecule has 170 valence electrons. The van der Waals surface area contributed by atoms with Crippen molar-refractivity contribution < 1.29 is 25.8 Å². The Kier molecular flexibility index (Phi) is 5.17. The van der Waals surface area contributed by atoms with Gasteiger partial charge in [0.25, 0.3) is 0 Å². The molecule has 4 aliphatic carbocycles. The van der Waals surface area contributed by atoms with E-state index in [1.165, 1.54) is 0 Å². The lowest BCUT2D eigenvalue weighted by atomic mass is 9.48. The molecule has 8 heteroatoms. The third kappa shape index (κ3) is 3.24. The van der Waals surface area contributed by atoms with Crippen LogP contribution in [0.15, 0.2) is 23.5 Å². The van der Waals surface area contributed by atoms with Crippen LogP contribution in [0.25, 0.3) is 0 Å². The van der Waals surface area contributed by atoms with E-state index in [0.717, 1.165) is 32.1 Å². The molecule has 4 rings (SSSR count). The molecule has 0 aromatic heterocycles. The van der Waals surface area contributed by atoms with Gasteiger partial charge >= 0.3 is 15.6 Å². The van der Waals surface area contributed by atoms with Crippen molar-refractivity contribution in [3.8, 4) is 0 Å². The Hall–Kier alpha value is -1.02. The van der Waals surface area contributed by atoms with E-state index in [2.05, 4.69) is 36.2 Å². The highest BCUT2D eigenvalue weighted by atomic mass is 32.2. The molecule has 2 fully saturated rings. The SMILES string of the molecule is CN(C)[C@H]1CC[C@@]2(C)C(=CC[C@@H]3[C@@H]2CC[C@]2(C)C(OS(=O)(=O)C(F)(F)F)=CC[C@@H]32)C1. The van der Waals surface area contributed by atoms with Gasteiger partial charge in [0.15, 0.2) is 0 Å². The predicted octanol–water partition coefficient (Wildman–Crippen LogP) is 5.24. The second-order valence-corrected chi connectivity index (χ2v) is 11.9. The lowest BCUT2D eigenvalue weighted by Gasteiger charge is -2.58. The maximum Gasteiger partial charge on any atom is 0.534 e. The second kappa shape index (κ2) is 6.99. The summed E-state index contributed by atoms with van der Waals surface area (Å²) in [4.78, 5) is 2.30. The van der Waals surface area contributed by atoms with Crippen LogP contribution in [-0.2, 0) is 14.3 Å². The monoisotopic (exact) mass is 447 g/mol. The van der Waals surface area contributed by atoms with Crippen LogP contribution >= 0.6 is 0 Å². The quantitative estimate of drug-likeness (QED) is 0.337. The summed E-state index contributed by atoms with van der Waals surface area (Å²) in [5.41, 5.74) is -4.37. The van der Waals surface area contributed by atoms with Crippen molar-refractivity contribution in [3.63, 3.8) is 0 Å². The van der Waals surface area contributed by atoms with E-state index in [1.54, 1.807) is 11.6 Å². The van der Waals surface area contributed by atoms with Crippen LogP contribution in [0.5, 0.6) is 0 Å². The van der Waals surface area contributed by atoms with Gasteiger partial charge in [-0.2, -0.15) is 21.6 Å². The molecule has 0 aromatic rings. The third-order valence-electron chi connectivity index (χ3n) is 8.80. The first-order valence-corrected chi connectivity index (χ1v) is 12.3. The first-order valence-electron chi connectivity index (χ1n) is 10.9. The summed E-state index contributed by atoms with van der Waals surface area (Å²) in [5, 5.41) is 0. The summed E-state index contributed by atoms with van der Waals surface area (Å²) in [6.45, 7) is 4.27. The summed E-state index contributed by atoms with van der Waals surface area (Å²) in [6, 6.07) is 0.565. The highest BCUT2D eigenvalue weighted by Gasteiger charge is 2.59. The lowest BCUT2D eigenvalue weighted by molar-refractivity contribution is -0.0577. The van der Waals surface area contributed by atoms with Crippen LogP contribution < -0.4 is 0 Å². The van der Waals surface area contributed by atoms with Gasteiger partial charge in [-0.25, -0.2) is 0 Å². The highest BCUT2D eigenvalue weighted by molar-refractivity contribution is 7.87. The normalized spacial score (nSPS) is 41.5. The molecule has 2 saturated carbocycles. The van der Waals surface area contributed by atoms with Crippen molar-refractivity contribution in [3.05, 3.63) is 23.5 Å². The van der Waals surface area contributed by atoms with Crippen molar-refractivity contribution in [2.45, 2.75) is 70.3 Å². The Bertz CT molecular complexity index is 879. The van der Waals surface area contributed by atoms with E-state index in [1.807, 2.05) is 6.92 Å². The molecule has 0 aliphatic heterocycles. The topological polar surface area (TPSA) is 46.6 Å². The molecule has 0 saturated heterocycles. The van der Waals surface area contributed by atoms with Crippen molar-refractivity contribution in [1.82, 2.24) is 4.90 Å². The van der Waals surface area contributed by atoms with E-state index in [0.29, 0.717) is 30.7 Å². The fourth-order valence-corrected chi connectivity index (χ4v) is 7.49. The summed E-state index contributed by atoms with van der Waals surface area (Å²) in [5.74, 6) is 0.959. The Morgan fingerprint density at radius 3 is 2.33 bits per heavy atom. The van der Waals surface area contributed by atoms with Crippen LogP contribution in [0.2, 0.25) is 0 Å². The van der Waals surface area contributed by atoms with Gasteiger partial charge < -0.3 is 9.08 Å². The number of rotatable bonds is 3. The van der Waals surface area contributed by atoms with Crippen LogP contribution in [0.3, 0.4) is 0 Å². The van der Waals surface area contributed by atoms with Gasteiger partial charge in [-0.15, -0.1) is 0 Å².